The van der Waals surface area contributed by atoms with Gasteiger partial charge in [0, 0.05) is 16.3 Å². The van der Waals surface area contributed by atoms with E-state index >= 15 is 0 Å². The van der Waals surface area contributed by atoms with Crippen molar-refractivity contribution < 1.29 is 0 Å². The maximum Gasteiger partial charge on any atom is 0.182 e. The predicted molar refractivity (Wildman–Crippen MR) is 72.9 cm³/mol. The molecular formula is C14H9ClN4. The summed E-state index contributed by atoms with van der Waals surface area (Å²) in [5.41, 5.74) is 2.83. The van der Waals surface area contributed by atoms with Crippen molar-refractivity contribution >= 4 is 17.2 Å². The number of fused-ring (bicyclic) bond motifs is 1. The van der Waals surface area contributed by atoms with Crippen molar-refractivity contribution in [3.05, 3.63) is 52.7 Å². The van der Waals surface area contributed by atoms with Gasteiger partial charge in [0.1, 0.15) is 6.07 Å². The van der Waals surface area contributed by atoms with E-state index in [1.54, 1.807) is 22.7 Å². The second-order valence-electron chi connectivity index (χ2n) is 4.18. The number of aryl methyl sites for hydroxylation is 1. The zero-order valence-electron chi connectivity index (χ0n) is 10.1. The maximum atomic E-state index is 9.10. The number of aromatic nitrogens is 3. The minimum absolute atomic E-state index is 0.506. The molecule has 0 saturated carbocycles. The van der Waals surface area contributed by atoms with Crippen molar-refractivity contribution in [3.63, 3.8) is 0 Å². The Morgan fingerprint density at radius 2 is 2.11 bits per heavy atom. The Hall–Kier alpha value is -2.38. The van der Waals surface area contributed by atoms with Crippen molar-refractivity contribution in [1.29, 1.82) is 5.26 Å². The number of rotatable bonds is 1. The molecule has 0 unspecified atom stereocenters. The van der Waals surface area contributed by atoms with Gasteiger partial charge in [0.2, 0.25) is 0 Å². The maximum absolute atomic E-state index is 9.10. The van der Waals surface area contributed by atoms with Crippen molar-refractivity contribution in [2.45, 2.75) is 6.92 Å². The lowest BCUT2D eigenvalue weighted by molar-refractivity contribution is 0.916. The van der Waals surface area contributed by atoms with Gasteiger partial charge in [-0.3, -0.25) is 0 Å². The Bertz CT molecular complexity index is 814. The van der Waals surface area contributed by atoms with Crippen LogP contribution in [0.3, 0.4) is 0 Å². The highest BCUT2D eigenvalue weighted by molar-refractivity contribution is 6.30. The van der Waals surface area contributed by atoms with Crippen molar-refractivity contribution in [3.8, 4) is 17.5 Å². The lowest BCUT2D eigenvalue weighted by atomic mass is 10.2. The van der Waals surface area contributed by atoms with Crippen LogP contribution in [0.5, 0.6) is 0 Å². The summed E-state index contributed by atoms with van der Waals surface area (Å²) in [6.45, 7) is 1.92. The third kappa shape index (κ3) is 1.94. The van der Waals surface area contributed by atoms with Crippen LogP contribution in [0.4, 0.5) is 0 Å². The van der Waals surface area contributed by atoms with Crippen LogP contribution in [0, 0.1) is 18.3 Å². The van der Waals surface area contributed by atoms with Gasteiger partial charge in [-0.1, -0.05) is 23.7 Å². The fourth-order valence-electron chi connectivity index (χ4n) is 1.92. The quantitative estimate of drug-likeness (QED) is 0.681. The van der Waals surface area contributed by atoms with Crippen molar-refractivity contribution in [2.24, 2.45) is 0 Å². The van der Waals surface area contributed by atoms with Crippen molar-refractivity contribution in [2.75, 3.05) is 0 Å². The Morgan fingerprint density at radius 3 is 2.84 bits per heavy atom. The van der Waals surface area contributed by atoms with Gasteiger partial charge in [-0.25, -0.2) is 9.50 Å². The van der Waals surface area contributed by atoms with Gasteiger partial charge in [-0.05, 0) is 31.2 Å². The Kier molecular flexibility index (Phi) is 2.69. The highest BCUT2D eigenvalue weighted by Gasteiger charge is 2.11. The third-order valence-corrected chi connectivity index (χ3v) is 3.11. The molecule has 2 aromatic heterocycles. The fraction of sp³-hybridized carbons (Fsp3) is 0.0714. The first-order valence-electron chi connectivity index (χ1n) is 5.71. The Balaban J connectivity index is 2.28. The number of nitrogens with zero attached hydrogens (tertiary/aromatic N) is 4. The van der Waals surface area contributed by atoms with Gasteiger partial charge in [0.05, 0.1) is 5.56 Å². The van der Waals surface area contributed by atoms with E-state index < -0.39 is 0 Å². The monoisotopic (exact) mass is 268 g/mol. The number of nitriles is 1. The summed E-state index contributed by atoms with van der Waals surface area (Å²) < 4.78 is 1.68. The molecule has 0 spiro atoms. The van der Waals surface area contributed by atoms with Gasteiger partial charge in [-0.15, -0.1) is 5.10 Å². The average Bonchev–Trinajstić information content (AvgIpc) is 2.85. The molecule has 0 amide bonds. The Morgan fingerprint density at radius 1 is 1.26 bits per heavy atom. The molecule has 0 bridgehead atoms. The molecule has 0 radical (unpaired) electrons. The first kappa shape index (κ1) is 11.7. The van der Waals surface area contributed by atoms with Gasteiger partial charge < -0.3 is 0 Å². The molecule has 5 heteroatoms. The largest absolute Gasteiger partial charge is 0.216 e. The molecule has 0 saturated heterocycles. The van der Waals surface area contributed by atoms with E-state index in [2.05, 4.69) is 16.2 Å². The molecule has 19 heavy (non-hydrogen) atoms. The average molecular weight is 269 g/mol. The minimum atomic E-state index is 0.506. The number of pyridine rings is 1. The van der Waals surface area contributed by atoms with Crippen LogP contribution >= 0.6 is 11.6 Å². The van der Waals surface area contributed by atoms with Crippen molar-refractivity contribution in [1.82, 2.24) is 14.6 Å². The van der Waals surface area contributed by atoms with Crippen LogP contribution in [-0.2, 0) is 0 Å². The second-order valence-corrected chi connectivity index (χ2v) is 4.62. The summed E-state index contributed by atoms with van der Waals surface area (Å²) in [6, 6.07) is 13.1. The van der Waals surface area contributed by atoms with E-state index in [1.165, 1.54) is 0 Å². The topological polar surface area (TPSA) is 54.0 Å². The van der Waals surface area contributed by atoms with Crippen LogP contribution < -0.4 is 0 Å². The summed E-state index contributed by atoms with van der Waals surface area (Å²) in [7, 11) is 0. The van der Waals surface area contributed by atoms with E-state index in [4.69, 9.17) is 16.9 Å². The summed E-state index contributed by atoms with van der Waals surface area (Å²) >= 11 is 5.97. The molecule has 3 aromatic rings. The van der Waals surface area contributed by atoms with Gasteiger partial charge in [-0.2, -0.15) is 5.26 Å². The molecular weight excluding hydrogens is 260 g/mol. The summed E-state index contributed by atoms with van der Waals surface area (Å²) in [4.78, 5) is 4.43. The molecule has 1 aromatic carbocycles. The van der Waals surface area contributed by atoms with Crippen LogP contribution in [0.1, 0.15) is 11.3 Å². The highest BCUT2D eigenvalue weighted by atomic mass is 35.5. The molecule has 0 aliphatic carbocycles. The standard InChI is InChI=1S/C14H9ClN4/c1-9-5-6-11(8-16)14-17-13(18-19(9)14)10-3-2-4-12(15)7-10/h2-7H,1H3. The van der Waals surface area contributed by atoms with Crippen LogP contribution in [0.2, 0.25) is 5.02 Å². The predicted octanol–water partition coefficient (Wildman–Crippen LogP) is 3.23. The summed E-state index contributed by atoms with van der Waals surface area (Å²) in [5, 5.41) is 14.2. The molecule has 0 fully saturated rings. The first-order chi connectivity index (χ1) is 9.19. The van der Waals surface area contributed by atoms with E-state index in [9.17, 15) is 0 Å². The molecule has 2 heterocycles. The van der Waals surface area contributed by atoms with Gasteiger partial charge in [0.25, 0.3) is 0 Å². The number of hydrogen-bond donors (Lipinski definition) is 0. The minimum Gasteiger partial charge on any atom is -0.216 e. The summed E-state index contributed by atoms with van der Waals surface area (Å²) in [5.74, 6) is 0.563. The number of hydrogen-bond acceptors (Lipinski definition) is 3. The van der Waals surface area contributed by atoms with E-state index in [0.29, 0.717) is 22.1 Å². The molecule has 4 nitrogen and oxygen atoms in total. The summed E-state index contributed by atoms with van der Waals surface area (Å²) in [6.07, 6.45) is 0. The number of halogens is 1. The zero-order valence-corrected chi connectivity index (χ0v) is 10.9. The van der Waals surface area contributed by atoms with E-state index in [0.717, 1.165) is 11.3 Å². The SMILES string of the molecule is Cc1ccc(C#N)c2nc(-c3cccc(Cl)c3)nn12. The van der Waals surface area contributed by atoms with Gasteiger partial charge in [0.15, 0.2) is 11.5 Å². The Labute approximate surface area is 114 Å². The fourth-order valence-corrected chi connectivity index (χ4v) is 2.11. The number of benzene rings is 1. The third-order valence-electron chi connectivity index (χ3n) is 2.88. The first-order valence-corrected chi connectivity index (χ1v) is 6.09. The second kappa shape index (κ2) is 4.38. The van der Waals surface area contributed by atoms with Crippen LogP contribution in [0.25, 0.3) is 17.0 Å². The smallest absolute Gasteiger partial charge is 0.182 e. The normalized spacial score (nSPS) is 10.6. The molecule has 0 N–H and O–H groups in total. The van der Waals surface area contributed by atoms with Crippen LogP contribution in [-0.4, -0.2) is 14.6 Å². The zero-order chi connectivity index (χ0) is 13.4. The molecule has 0 atom stereocenters. The highest BCUT2D eigenvalue weighted by Crippen LogP contribution is 2.21. The molecule has 92 valence electrons. The molecule has 0 aliphatic rings. The molecule has 0 aliphatic heterocycles. The lowest BCUT2D eigenvalue weighted by Gasteiger charge is -1.97. The van der Waals surface area contributed by atoms with E-state index in [1.807, 2.05) is 25.1 Å². The van der Waals surface area contributed by atoms with Gasteiger partial charge >= 0.3 is 0 Å². The van der Waals surface area contributed by atoms with E-state index in [-0.39, 0.29) is 0 Å². The van der Waals surface area contributed by atoms with Crippen LogP contribution in [0.15, 0.2) is 36.4 Å². The lowest BCUT2D eigenvalue weighted by Crippen LogP contribution is -1.95. The molecule has 3 rings (SSSR count).